The SMILES string of the molecule is O=C(c1ccno1)N1CCC(F)(F)C2(CCN(c3ccccc3)C2)C1. The largest absolute Gasteiger partial charge is 0.371 e. The van der Waals surface area contributed by atoms with E-state index in [0.717, 1.165) is 5.69 Å². The van der Waals surface area contributed by atoms with Gasteiger partial charge in [0.05, 0.1) is 11.6 Å². The molecule has 7 heteroatoms. The summed E-state index contributed by atoms with van der Waals surface area (Å²) in [6, 6.07) is 11.0. The first-order chi connectivity index (χ1) is 12.0. The highest BCUT2D eigenvalue weighted by Gasteiger charge is 2.60. The Hall–Kier alpha value is -2.44. The van der Waals surface area contributed by atoms with Gasteiger partial charge in [0.15, 0.2) is 0 Å². The number of aromatic nitrogens is 1. The molecule has 25 heavy (non-hydrogen) atoms. The fourth-order valence-electron chi connectivity index (χ4n) is 3.92. The van der Waals surface area contributed by atoms with Gasteiger partial charge in [0.1, 0.15) is 0 Å². The van der Waals surface area contributed by atoms with Gasteiger partial charge in [-0.3, -0.25) is 4.79 Å². The molecule has 1 amide bonds. The maximum Gasteiger partial charge on any atom is 0.292 e. The van der Waals surface area contributed by atoms with E-state index >= 15 is 0 Å². The summed E-state index contributed by atoms with van der Waals surface area (Å²) in [5.41, 5.74) is -0.287. The van der Waals surface area contributed by atoms with Crippen LogP contribution in [-0.2, 0) is 0 Å². The van der Waals surface area contributed by atoms with Crippen LogP contribution in [0.2, 0.25) is 0 Å². The van der Waals surface area contributed by atoms with Gasteiger partial charge in [-0.05, 0) is 18.6 Å². The third-order valence-corrected chi connectivity index (χ3v) is 5.38. The molecule has 0 saturated carbocycles. The lowest BCUT2D eigenvalue weighted by Crippen LogP contribution is -2.58. The smallest absolute Gasteiger partial charge is 0.292 e. The van der Waals surface area contributed by atoms with E-state index in [-0.39, 0.29) is 37.7 Å². The molecule has 0 N–H and O–H groups in total. The molecule has 1 unspecified atom stereocenters. The van der Waals surface area contributed by atoms with Gasteiger partial charge in [-0.15, -0.1) is 0 Å². The average molecular weight is 347 g/mol. The number of piperidine rings is 1. The normalized spacial score (nSPS) is 25.5. The lowest BCUT2D eigenvalue weighted by atomic mass is 9.75. The van der Waals surface area contributed by atoms with Crippen LogP contribution in [0, 0.1) is 5.41 Å². The molecule has 1 spiro atoms. The van der Waals surface area contributed by atoms with Crippen LogP contribution < -0.4 is 4.90 Å². The highest BCUT2D eigenvalue weighted by molar-refractivity contribution is 5.91. The first-order valence-corrected chi connectivity index (χ1v) is 8.39. The standard InChI is InChI=1S/C18H19F2N3O2/c19-18(20)8-11-23(16(24)15-6-9-21-25-15)13-17(18)7-10-22(12-17)14-4-2-1-3-5-14/h1-6,9H,7-8,10-13H2. The van der Waals surface area contributed by atoms with Gasteiger partial charge in [0.2, 0.25) is 5.76 Å². The van der Waals surface area contributed by atoms with Crippen LogP contribution >= 0.6 is 0 Å². The maximum absolute atomic E-state index is 14.8. The zero-order valence-electron chi connectivity index (χ0n) is 13.7. The predicted molar refractivity (Wildman–Crippen MR) is 87.7 cm³/mol. The van der Waals surface area contributed by atoms with Crippen molar-refractivity contribution in [2.24, 2.45) is 5.41 Å². The van der Waals surface area contributed by atoms with Crippen molar-refractivity contribution in [3.8, 4) is 0 Å². The first-order valence-electron chi connectivity index (χ1n) is 8.39. The number of para-hydroxylation sites is 1. The maximum atomic E-state index is 14.8. The molecule has 1 atom stereocenters. The second kappa shape index (κ2) is 5.82. The van der Waals surface area contributed by atoms with E-state index in [1.807, 2.05) is 35.2 Å². The number of carbonyl (C=O) groups is 1. The molecule has 1 aromatic heterocycles. The molecule has 2 aliphatic heterocycles. The van der Waals surface area contributed by atoms with Crippen molar-refractivity contribution in [3.05, 3.63) is 48.4 Å². The van der Waals surface area contributed by atoms with Crippen LogP contribution in [0.4, 0.5) is 14.5 Å². The minimum atomic E-state index is -2.80. The molecule has 0 bridgehead atoms. The molecule has 2 fully saturated rings. The summed E-state index contributed by atoms with van der Waals surface area (Å²) in [6.45, 7) is 0.858. The highest BCUT2D eigenvalue weighted by Crippen LogP contribution is 2.50. The van der Waals surface area contributed by atoms with E-state index < -0.39 is 11.3 Å². The van der Waals surface area contributed by atoms with Crippen molar-refractivity contribution in [2.45, 2.75) is 18.8 Å². The Bertz CT molecular complexity index is 751. The molecule has 4 rings (SSSR count). The Labute approximate surface area is 144 Å². The number of likely N-dealkylation sites (tertiary alicyclic amines) is 1. The van der Waals surface area contributed by atoms with Crippen molar-refractivity contribution < 1.29 is 18.1 Å². The lowest BCUT2D eigenvalue weighted by Gasteiger charge is -2.45. The number of nitrogens with zero attached hydrogens (tertiary/aromatic N) is 3. The van der Waals surface area contributed by atoms with Gasteiger partial charge in [-0.2, -0.15) is 0 Å². The molecule has 132 valence electrons. The zero-order chi connectivity index (χ0) is 17.5. The van der Waals surface area contributed by atoms with E-state index in [0.29, 0.717) is 13.0 Å². The van der Waals surface area contributed by atoms with Crippen LogP contribution in [0.15, 0.2) is 47.1 Å². The third-order valence-electron chi connectivity index (χ3n) is 5.38. The van der Waals surface area contributed by atoms with E-state index in [2.05, 4.69) is 5.16 Å². The number of hydrogen-bond donors (Lipinski definition) is 0. The second-order valence-electron chi connectivity index (χ2n) is 6.85. The van der Waals surface area contributed by atoms with Crippen LogP contribution in [0.3, 0.4) is 0 Å². The number of halogens is 2. The van der Waals surface area contributed by atoms with Crippen molar-refractivity contribution in [3.63, 3.8) is 0 Å². The van der Waals surface area contributed by atoms with Gasteiger partial charge in [0.25, 0.3) is 11.8 Å². The fraction of sp³-hybridized carbons (Fsp3) is 0.444. The van der Waals surface area contributed by atoms with Crippen molar-refractivity contribution >= 4 is 11.6 Å². The van der Waals surface area contributed by atoms with Gasteiger partial charge in [0, 0.05) is 44.4 Å². The van der Waals surface area contributed by atoms with Gasteiger partial charge in [-0.1, -0.05) is 23.4 Å². The molecule has 2 saturated heterocycles. The molecule has 0 aliphatic carbocycles. The highest BCUT2D eigenvalue weighted by atomic mass is 19.3. The Morgan fingerprint density at radius 3 is 2.60 bits per heavy atom. The molecule has 0 radical (unpaired) electrons. The Kier molecular flexibility index (Phi) is 3.74. The first kappa shape index (κ1) is 16.1. The van der Waals surface area contributed by atoms with E-state index in [1.54, 1.807) is 0 Å². The summed E-state index contributed by atoms with van der Waals surface area (Å²) >= 11 is 0. The predicted octanol–water partition coefficient (Wildman–Crippen LogP) is 3.05. The van der Waals surface area contributed by atoms with Crippen molar-refractivity contribution in [2.75, 3.05) is 31.1 Å². The summed E-state index contributed by atoms with van der Waals surface area (Å²) in [4.78, 5) is 16.0. The summed E-state index contributed by atoms with van der Waals surface area (Å²) < 4.78 is 34.6. The van der Waals surface area contributed by atoms with Crippen molar-refractivity contribution in [1.82, 2.24) is 10.1 Å². The lowest BCUT2D eigenvalue weighted by molar-refractivity contribution is -0.150. The molecular weight excluding hydrogens is 328 g/mol. The number of anilines is 1. The number of benzene rings is 1. The fourth-order valence-corrected chi connectivity index (χ4v) is 3.92. The summed E-state index contributed by atoms with van der Waals surface area (Å²) in [5, 5.41) is 3.53. The number of rotatable bonds is 2. The molecule has 2 aromatic rings. The second-order valence-corrected chi connectivity index (χ2v) is 6.85. The molecule has 3 heterocycles. The van der Waals surface area contributed by atoms with Crippen LogP contribution in [0.5, 0.6) is 0 Å². The number of amides is 1. The van der Waals surface area contributed by atoms with Crippen LogP contribution in [-0.4, -0.2) is 48.1 Å². The Morgan fingerprint density at radius 1 is 1.08 bits per heavy atom. The van der Waals surface area contributed by atoms with Crippen LogP contribution in [0.1, 0.15) is 23.4 Å². The molecular formula is C18H19F2N3O2. The monoisotopic (exact) mass is 347 g/mol. The van der Waals surface area contributed by atoms with Gasteiger partial charge >= 0.3 is 0 Å². The van der Waals surface area contributed by atoms with Crippen molar-refractivity contribution in [1.29, 1.82) is 0 Å². The Balaban J connectivity index is 1.57. The minimum absolute atomic E-state index is 0.0274. The third kappa shape index (κ3) is 2.67. The molecule has 5 nitrogen and oxygen atoms in total. The quantitative estimate of drug-likeness (QED) is 0.838. The molecule has 1 aromatic carbocycles. The van der Waals surface area contributed by atoms with E-state index in [9.17, 15) is 13.6 Å². The van der Waals surface area contributed by atoms with Crippen LogP contribution in [0.25, 0.3) is 0 Å². The van der Waals surface area contributed by atoms with E-state index in [1.165, 1.54) is 17.2 Å². The summed E-state index contributed by atoms with van der Waals surface area (Å²) in [7, 11) is 0. The Morgan fingerprint density at radius 2 is 1.88 bits per heavy atom. The number of hydrogen-bond acceptors (Lipinski definition) is 4. The number of alkyl halides is 2. The summed E-state index contributed by atoms with van der Waals surface area (Å²) in [6.07, 6.45) is 1.42. The number of carbonyl (C=O) groups excluding carboxylic acids is 1. The zero-order valence-corrected chi connectivity index (χ0v) is 13.7. The average Bonchev–Trinajstić information content (AvgIpc) is 3.29. The topological polar surface area (TPSA) is 49.6 Å². The summed E-state index contributed by atoms with van der Waals surface area (Å²) in [5.74, 6) is -3.07. The molecule has 2 aliphatic rings. The van der Waals surface area contributed by atoms with Gasteiger partial charge in [-0.25, -0.2) is 8.78 Å². The minimum Gasteiger partial charge on any atom is -0.371 e. The van der Waals surface area contributed by atoms with E-state index in [4.69, 9.17) is 4.52 Å². The van der Waals surface area contributed by atoms with Gasteiger partial charge < -0.3 is 14.3 Å².